The van der Waals surface area contributed by atoms with Crippen molar-refractivity contribution in [3.05, 3.63) is 39.7 Å². The average molecular weight is 342 g/mol. The van der Waals surface area contributed by atoms with Crippen molar-refractivity contribution in [1.82, 2.24) is 0 Å². The van der Waals surface area contributed by atoms with Crippen molar-refractivity contribution in [3.63, 3.8) is 0 Å². The normalized spacial score (nSPS) is 16.4. The summed E-state index contributed by atoms with van der Waals surface area (Å²) in [5.74, 6) is 0.830. The summed E-state index contributed by atoms with van der Waals surface area (Å²) in [6.07, 6.45) is 10.3. The first-order chi connectivity index (χ1) is 12.1. The molecule has 1 saturated carbocycles. The lowest BCUT2D eigenvalue weighted by Crippen LogP contribution is -2.22. The molecular weight excluding hydrogens is 312 g/mol. The van der Waals surface area contributed by atoms with Crippen LogP contribution in [0.4, 0.5) is 0 Å². The van der Waals surface area contributed by atoms with Crippen molar-refractivity contribution in [2.24, 2.45) is 0 Å². The van der Waals surface area contributed by atoms with Gasteiger partial charge in [-0.1, -0.05) is 46.0 Å². The van der Waals surface area contributed by atoms with Gasteiger partial charge in [-0.05, 0) is 54.9 Å². The number of benzene rings is 1. The van der Waals surface area contributed by atoms with Crippen LogP contribution in [-0.4, -0.2) is 7.11 Å². The zero-order chi connectivity index (χ0) is 17.9. The second-order valence-corrected chi connectivity index (χ2v) is 7.49. The molecule has 0 N–H and O–H groups in total. The van der Waals surface area contributed by atoms with Gasteiger partial charge in [0.1, 0.15) is 11.3 Å². The molecule has 0 aliphatic heterocycles. The monoisotopic (exact) mass is 342 g/mol. The van der Waals surface area contributed by atoms with Crippen LogP contribution in [0.15, 0.2) is 27.4 Å². The zero-order valence-corrected chi connectivity index (χ0v) is 15.8. The molecule has 3 rings (SSSR count). The van der Waals surface area contributed by atoms with E-state index in [0.717, 1.165) is 29.5 Å². The Kier molecular flexibility index (Phi) is 5.51. The molecule has 0 radical (unpaired) electrons. The van der Waals surface area contributed by atoms with E-state index in [0.29, 0.717) is 5.58 Å². The Morgan fingerprint density at radius 3 is 2.52 bits per heavy atom. The topological polar surface area (TPSA) is 39.4 Å². The van der Waals surface area contributed by atoms with E-state index in [9.17, 15) is 4.79 Å². The van der Waals surface area contributed by atoms with Gasteiger partial charge in [-0.25, -0.2) is 4.79 Å². The van der Waals surface area contributed by atoms with Crippen LogP contribution in [0, 0.1) is 0 Å². The Morgan fingerprint density at radius 1 is 1.12 bits per heavy atom. The van der Waals surface area contributed by atoms with Gasteiger partial charge in [0.2, 0.25) is 0 Å². The van der Waals surface area contributed by atoms with Crippen LogP contribution < -0.4 is 10.4 Å². The number of methoxy groups -OCH3 is 1. The fourth-order valence-corrected chi connectivity index (χ4v) is 4.39. The third kappa shape index (κ3) is 3.47. The van der Waals surface area contributed by atoms with Crippen molar-refractivity contribution >= 4 is 11.0 Å². The maximum Gasteiger partial charge on any atom is 0.339 e. The molecule has 1 aromatic carbocycles. The third-order valence-corrected chi connectivity index (χ3v) is 5.81. The quantitative estimate of drug-likeness (QED) is 0.601. The Hall–Kier alpha value is -1.77. The molecule has 0 unspecified atom stereocenters. The summed E-state index contributed by atoms with van der Waals surface area (Å²) in [5.41, 5.74) is 2.71. The Labute approximate surface area is 150 Å². The molecule has 0 bridgehead atoms. The number of ether oxygens (including phenoxy) is 1. The predicted octanol–water partition coefficient (Wildman–Crippen LogP) is 5.76. The summed E-state index contributed by atoms with van der Waals surface area (Å²) < 4.78 is 11.4. The lowest BCUT2D eigenvalue weighted by atomic mass is 9.74. The summed E-state index contributed by atoms with van der Waals surface area (Å²) in [6, 6.07) is 6.26. The summed E-state index contributed by atoms with van der Waals surface area (Å²) in [5, 5.41) is 0.915. The molecule has 0 atom stereocenters. The van der Waals surface area contributed by atoms with Gasteiger partial charge >= 0.3 is 5.63 Å². The Balaban J connectivity index is 2.13. The minimum Gasteiger partial charge on any atom is -0.496 e. The smallest absolute Gasteiger partial charge is 0.339 e. The zero-order valence-electron chi connectivity index (χ0n) is 15.8. The molecule has 1 aromatic heterocycles. The van der Waals surface area contributed by atoms with Crippen molar-refractivity contribution < 1.29 is 9.15 Å². The van der Waals surface area contributed by atoms with Crippen molar-refractivity contribution in [3.8, 4) is 5.75 Å². The highest BCUT2D eigenvalue weighted by Gasteiger charge is 2.35. The van der Waals surface area contributed by atoms with Gasteiger partial charge in [-0.2, -0.15) is 0 Å². The maximum atomic E-state index is 12.3. The van der Waals surface area contributed by atoms with E-state index in [1.807, 2.05) is 6.07 Å². The minimum atomic E-state index is -0.206. The maximum absolute atomic E-state index is 12.3. The van der Waals surface area contributed by atoms with Gasteiger partial charge < -0.3 is 9.15 Å². The SMILES string of the molecule is CCCCC1(c2cc(OC)c3cc(CCC)c(=O)oc3c2)CCCC1. The largest absolute Gasteiger partial charge is 0.496 e. The number of hydrogen-bond acceptors (Lipinski definition) is 3. The second-order valence-electron chi connectivity index (χ2n) is 7.49. The highest BCUT2D eigenvalue weighted by atomic mass is 16.5. The van der Waals surface area contributed by atoms with E-state index >= 15 is 0 Å². The van der Waals surface area contributed by atoms with Crippen LogP contribution in [0.3, 0.4) is 0 Å². The van der Waals surface area contributed by atoms with Crippen LogP contribution in [-0.2, 0) is 11.8 Å². The third-order valence-electron chi connectivity index (χ3n) is 5.81. The summed E-state index contributed by atoms with van der Waals surface area (Å²) in [6.45, 7) is 4.32. The van der Waals surface area contributed by atoms with Crippen molar-refractivity contribution in [2.45, 2.75) is 77.0 Å². The molecule has 1 heterocycles. The lowest BCUT2D eigenvalue weighted by Gasteiger charge is -2.30. The van der Waals surface area contributed by atoms with Gasteiger partial charge in [0.15, 0.2) is 0 Å². The number of hydrogen-bond donors (Lipinski definition) is 0. The number of fused-ring (bicyclic) bond motifs is 1. The summed E-state index contributed by atoms with van der Waals surface area (Å²) >= 11 is 0. The van der Waals surface area contributed by atoms with E-state index in [2.05, 4.69) is 26.0 Å². The van der Waals surface area contributed by atoms with Gasteiger partial charge in [0.25, 0.3) is 0 Å². The van der Waals surface area contributed by atoms with Crippen molar-refractivity contribution in [2.75, 3.05) is 7.11 Å². The fourth-order valence-electron chi connectivity index (χ4n) is 4.39. The molecule has 3 heteroatoms. The number of rotatable bonds is 7. The molecule has 1 fully saturated rings. The van der Waals surface area contributed by atoms with Gasteiger partial charge in [0.05, 0.1) is 12.5 Å². The van der Waals surface area contributed by atoms with Gasteiger partial charge in [-0.3, -0.25) is 0 Å². The van der Waals surface area contributed by atoms with Crippen LogP contribution in [0.2, 0.25) is 0 Å². The van der Waals surface area contributed by atoms with E-state index in [-0.39, 0.29) is 11.0 Å². The molecule has 2 aromatic rings. The second kappa shape index (κ2) is 7.63. The van der Waals surface area contributed by atoms with Crippen molar-refractivity contribution in [1.29, 1.82) is 0 Å². The molecular formula is C22H30O3. The fraction of sp³-hybridized carbons (Fsp3) is 0.591. The molecule has 0 saturated heterocycles. The highest BCUT2D eigenvalue weighted by Crippen LogP contribution is 2.47. The van der Waals surface area contributed by atoms with E-state index in [4.69, 9.17) is 9.15 Å². The predicted molar refractivity (Wildman–Crippen MR) is 103 cm³/mol. The molecule has 25 heavy (non-hydrogen) atoms. The Morgan fingerprint density at radius 2 is 1.88 bits per heavy atom. The summed E-state index contributed by atoms with van der Waals surface area (Å²) in [4.78, 5) is 12.3. The number of aryl methyl sites for hydroxylation is 1. The van der Waals surface area contributed by atoms with Crippen LogP contribution >= 0.6 is 0 Å². The summed E-state index contributed by atoms with van der Waals surface area (Å²) in [7, 11) is 1.70. The first kappa shape index (κ1) is 18.0. The van der Waals surface area contributed by atoms with Gasteiger partial charge in [0, 0.05) is 5.56 Å². The van der Waals surface area contributed by atoms with E-state index in [1.165, 1.54) is 50.5 Å². The number of unbranched alkanes of at least 4 members (excludes halogenated alkanes) is 1. The molecule has 3 nitrogen and oxygen atoms in total. The highest BCUT2D eigenvalue weighted by molar-refractivity contribution is 5.85. The average Bonchev–Trinajstić information content (AvgIpc) is 3.10. The molecule has 1 aliphatic rings. The van der Waals surface area contributed by atoms with Crippen LogP contribution in [0.5, 0.6) is 5.75 Å². The van der Waals surface area contributed by atoms with Crippen LogP contribution in [0.1, 0.15) is 76.3 Å². The standard InChI is InChI=1S/C22H30O3/c1-4-6-10-22(11-7-8-12-22)17-14-19(24-3)18-13-16(9-5-2)21(23)25-20(18)15-17/h13-15H,4-12H2,1-3H3. The molecule has 1 aliphatic carbocycles. The van der Waals surface area contributed by atoms with Crippen LogP contribution in [0.25, 0.3) is 11.0 Å². The molecule has 136 valence electrons. The lowest BCUT2D eigenvalue weighted by molar-refractivity contribution is 0.383. The van der Waals surface area contributed by atoms with E-state index < -0.39 is 0 Å². The minimum absolute atomic E-state index is 0.206. The molecule has 0 spiro atoms. The van der Waals surface area contributed by atoms with E-state index in [1.54, 1.807) is 7.11 Å². The van der Waals surface area contributed by atoms with Gasteiger partial charge in [-0.15, -0.1) is 0 Å². The molecule has 0 amide bonds. The first-order valence-electron chi connectivity index (χ1n) is 9.79. The Bertz CT molecular complexity index is 782. The first-order valence-corrected chi connectivity index (χ1v) is 9.79.